The number of thiazole rings is 4. The van der Waals surface area contributed by atoms with Crippen LogP contribution >= 0.6 is 90.7 Å². The first-order valence-electron chi connectivity index (χ1n) is 41.2. The van der Waals surface area contributed by atoms with E-state index in [0.717, 1.165) is 44.5 Å². The second-order valence-electron chi connectivity index (χ2n) is 29.9. The number of hydrogen-bond donors (Lipinski definition) is 0. The summed E-state index contributed by atoms with van der Waals surface area (Å²) in [6.07, 6.45) is 70.3. The fourth-order valence-electron chi connectivity index (χ4n) is 15.1. The lowest BCUT2D eigenvalue weighted by atomic mass is 9.88. The molecule has 98 heavy (non-hydrogen) atoms. The maximum atomic E-state index is 5.66. The molecule has 2 unspecified atom stereocenters. The average Bonchev–Trinajstić information content (AvgIpc) is 1.62. The lowest BCUT2D eigenvalue weighted by molar-refractivity contribution is 0.403. The van der Waals surface area contributed by atoms with E-state index in [1.54, 1.807) is 0 Å². The summed E-state index contributed by atoms with van der Waals surface area (Å²) >= 11 is 15.4. The fraction of sp³-hybridized carbons (Fsp3) is 0.721. The van der Waals surface area contributed by atoms with E-state index in [9.17, 15) is 0 Å². The fourth-order valence-corrected chi connectivity index (χ4v) is 24.2. The third kappa shape index (κ3) is 28.0. The second-order valence-corrected chi connectivity index (χ2v) is 38.4. The lowest BCUT2D eigenvalue weighted by Gasteiger charge is -2.17. The molecular weight excluding hydrogens is 1350 g/mol. The quantitative estimate of drug-likeness (QED) is 0.0357. The van der Waals surface area contributed by atoms with Gasteiger partial charge in [0.2, 0.25) is 0 Å². The van der Waals surface area contributed by atoms with E-state index in [2.05, 4.69) is 79.7 Å². The van der Waals surface area contributed by atoms with E-state index in [4.69, 9.17) is 19.9 Å². The minimum Gasteiger partial charge on any atom is -0.222 e. The SMILES string of the molecule is CCCCCCCCCCCCCCc1cc(C)sc1-c1nc2sc(-c3sc(-c4cc(CC(CCCCCC)CCCCCCCC)c(-c5nc6sc(-c7sc(C)cc7CC(CCCCCC)CCCCCCCC)nc6s5)s4)cc3CCCCCCCCCCCCCC)nc2s1. The molecule has 0 spiro atoms. The Balaban J connectivity index is 1.06. The maximum absolute atomic E-state index is 5.66. The van der Waals surface area contributed by atoms with Gasteiger partial charge in [0.05, 0.1) is 19.5 Å². The van der Waals surface area contributed by atoms with Crippen molar-refractivity contribution in [2.45, 2.75) is 389 Å². The molecule has 0 saturated heterocycles. The molecule has 0 bridgehead atoms. The highest BCUT2D eigenvalue weighted by Gasteiger charge is 2.27. The van der Waals surface area contributed by atoms with Crippen LogP contribution in [-0.4, -0.2) is 19.9 Å². The zero-order valence-electron chi connectivity index (χ0n) is 63.3. The zero-order chi connectivity index (χ0) is 68.8. The minimum atomic E-state index is 0.687. The molecule has 0 saturated carbocycles. The van der Waals surface area contributed by atoms with Crippen LogP contribution in [0.15, 0.2) is 24.3 Å². The van der Waals surface area contributed by atoms with Crippen LogP contribution in [0, 0.1) is 25.7 Å². The van der Waals surface area contributed by atoms with Crippen molar-refractivity contribution in [1.82, 2.24) is 19.9 Å². The first-order chi connectivity index (χ1) is 48.2. The van der Waals surface area contributed by atoms with Gasteiger partial charge in [-0.3, -0.25) is 0 Å². The van der Waals surface area contributed by atoms with Crippen molar-refractivity contribution in [2.24, 2.45) is 11.8 Å². The normalized spacial score (nSPS) is 12.7. The van der Waals surface area contributed by atoms with Gasteiger partial charge in [0.15, 0.2) is 19.3 Å². The lowest BCUT2D eigenvalue weighted by Crippen LogP contribution is -2.05. The van der Waals surface area contributed by atoms with Crippen molar-refractivity contribution in [1.29, 1.82) is 0 Å². The Labute approximate surface area is 631 Å². The molecule has 12 heteroatoms. The van der Waals surface area contributed by atoms with Gasteiger partial charge in [0.25, 0.3) is 0 Å². The van der Waals surface area contributed by atoms with Crippen molar-refractivity contribution in [2.75, 3.05) is 0 Å². The highest BCUT2D eigenvalue weighted by atomic mass is 32.1. The molecule has 0 aliphatic carbocycles. The molecule has 0 fully saturated rings. The highest BCUT2D eigenvalue weighted by molar-refractivity contribution is 7.34. The van der Waals surface area contributed by atoms with Crippen LogP contribution in [0.1, 0.15) is 382 Å². The Kier molecular flexibility index (Phi) is 40.0. The third-order valence-electron chi connectivity index (χ3n) is 20.9. The number of nitrogens with zero attached hydrogens (tertiary/aromatic N) is 4. The maximum Gasteiger partial charge on any atom is 0.155 e. The zero-order valence-corrected chi connectivity index (χ0v) is 69.8. The molecule has 4 nitrogen and oxygen atoms in total. The number of aromatic nitrogens is 4. The summed E-state index contributed by atoms with van der Waals surface area (Å²) in [7, 11) is 0. The van der Waals surface area contributed by atoms with Gasteiger partial charge in [0, 0.05) is 19.5 Å². The van der Waals surface area contributed by atoms with Crippen LogP contribution in [0.2, 0.25) is 0 Å². The summed E-state index contributed by atoms with van der Waals surface area (Å²) in [6, 6.07) is 10.2. The van der Waals surface area contributed by atoms with E-state index in [0.29, 0.717) is 5.92 Å². The van der Waals surface area contributed by atoms with E-state index < -0.39 is 0 Å². The molecule has 546 valence electrons. The predicted octanol–water partition coefficient (Wildman–Crippen LogP) is 33.3. The largest absolute Gasteiger partial charge is 0.222 e. The van der Waals surface area contributed by atoms with Crippen molar-refractivity contribution in [3.8, 4) is 49.3 Å². The number of hydrogen-bond acceptors (Lipinski definition) is 12. The minimum absolute atomic E-state index is 0.687. The Bertz CT molecular complexity index is 3290. The van der Waals surface area contributed by atoms with E-state index in [-0.39, 0.29) is 0 Å². The average molecular weight is 1480 g/mol. The van der Waals surface area contributed by atoms with Gasteiger partial charge in [-0.1, -0.05) is 382 Å². The monoisotopic (exact) mass is 1480 g/mol. The first kappa shape index (κ1) is 81.5. The summed E-state index contributed by atoms with van der Waals surface area (Å²) in [5.41, 5.74) is 6.05. The molecule has 8 aromatic rings. The molecular formula is C86H134N4S8. The molecule has 0 amide bonds. The first-order valence-corrected chi connectivity index (χ1v) is 47.8. The van der Waals surface area contributed by atoms with Gasteiger partial charge in [-0.15, -0.1) is 45.3 Å². The number of unbranched alkanes of at least 4 members (excludes halogenated alkanes) is 38. The predicted molar refractivity (Wildman–Crippen MR) is 450 cm³/mol. The number of thiophene rings is 4. The van der Waals surface area contributed by atoms with Gasteiger partial charge < -0.3 is 0 Å². The Hall–Kier alpha value is -2.16. The van der Waals surface area contributed by atoms with Gasteiger partial charge in [-0.05, 0) is 111 Å². The Morgan fingerprint density at radius 3 is 0.796 bits per heavy atom. The van der Waals surface area contributed by atoms with Crippen LogP contribution in [-0.2, 0) is 25.7 Å². The smallest absolute Gasteiger partial charge is 0.155 e. The Morgan fingerprint density at radius 2 is 0.469 bits per heavy atom. The number of aryl methyl sites for hydroxylation is 4. The molecule has 8 aromatic heterocycles. The summed E-state index contributed by atoms with van der Waals surface area (Å²) in [5.74, 6) is 1.44. The number of rotatable bonds is 59. The Morgan fingerprint density at radius 1 is 0.245 bits per heavy atom. The van der Waals surface area contributed by atoms with Crippen molar-refractivity contribution < 1.29 is 0 Å². The summed E-state index contributed by atoms with van der Waals surface area (Å²) in [6.45, 7) is 18.6. The third-order valence-corrected chi connectivity index (χ3v) is 30.3. The van der Waals surface area contributed by atoms with E-state index >= 15 is 0 Å². The van der Waals surface area contributed by atoms with Gasteiger partial charge in [-0.25, -0.2) is 19.9 Å². The summed E-state index contributed by atoms with van der Waals surface area (Å²) in [5, 5.41) is 4.72. The van der Waals surface area contributed by atoms with Crippen LogP contribution in [0.25, 0.3) is 68.6 Å². The molecule has 0 N–H and O–H groups in total. The van der Waals surface area contributed by atoms with E-state index in [1.807, 2.05) is 90.7 Å². The van der Waals surface area contributed by atoms with Crippen LogP contribution < -0.4 is 0 Å². The second kappa shape index (κ2) is 48.0. The van der Waals surface area contributed by atoms with Crippen LogP contribution in [0.4, 0.5) is 0 Å². The standard InChI is InChI=1S/C86H134N4S8/c1-9-15-21-27-31-33-35-37-39-41-45-51-57-69-59-65(7)91-75(69)79-87-83-84(95-79)88-80(96-83)76-70(58-52-46-42-40-38-36-34-32-28-22-16-10-2)63-73(93-76)74-64-72(62-68(54-48-26-20-14-6)56-50-44-30-24-18-12-4)78(94-74)82-90-86-85(98-82)89-81(97-86)77-71(60-66(8)92-77)61-67(53-47-25-19-13-5)55-49-43-29-23-17-11-3/h59-60,63-64,67-68H,9-58,61-62H2,1-8H3. The van der Waals surface area contributed by atoms with Gasteiger partial charge in [-0.2, -0.15) is 0 Å². The number of fused-ring (bicyclic) bond motifs is 2. The molecule has 0 radical (unpaired) electrons. The van der Waals surface area contributed by atoms with Gasteiger partial charge >= 0.3 is 0 Å². The molecule has 2 atom stereocenters. The molecule has 8 heterocycles. The van der Waals surface area contributed by atoms with E-state index in [1.165, 1.54) is 396 Å². The molecule has 0 aliphatic rings. The summed E-state index contributed by atoms with van der Waals surface area (Å²) in [4.78, 5) is 38.0. The molecule has 8 rings (SSSR count). The molecule has 0 aliphatic heterocycles. The van der Waals surface area contributed by atoms with Crippen LogP contribution in [0.5, 0.6) is 0 Å². The van der Waals surface area contributed by atoms with Crippen molar-refractivity contribution >= 4 is 110 Å². The van der Waals surface area contributed by atoms with Gasteiger partial charge in [0.1, 0.15) is 20.0 Å². The molecule has 0 aromatic carbocycles. The van der Waals surface area contributed by atoms with Crippen molar-refractivity contribution in [3.05, 3.63) is 56.3 Å². The van der Waals surface area contributed by atoms with Crippen LogP contribution in [0.3, 0.4) is 0 Å². The highest BCUT2D eigenvalue weighted by Crippen LogP contribution is 2.50. The topological polar surface area (TPSA) is 51.6 Å². The summed E-state index contributed by atoms with van der Waals surface area (Å²) < 4.78 is 0. The van der Waals surface area contributed by atoms with Crippen molar-refractivity contribution in [3.63, 3.8) is 0 Å².